The molecule has 0 aromatic heterocycles. The quantitative estimate of drug-likeness (QED) is 0.703. The van der Waals surface area contributed by atoms with Gasteiger partial charge in [-0.15, -0.1) is 0 Å². The second-order valence-corrected chi connectivity index (χ2v) is 9.65. The summed E-state index contributed by atoms with van der Waals surface area (Å²) in [4.78, 5) is 28.3. The molecule has 0 unspecified atom stereocenters. The molecule has 2 saturated heterocycles. The van der Waals surface area contributed by atoms with Gasteiger partial charge in [-0.1, -0.05) is 24.1 Å². The fourth-order valence-electron chi connectivity index (χ4n) is 5.71. The molecule has 0 bridgehead atoms. The number of aryl methyl sites for hydroxylation is 1. The molecule has 0 radical (unpaired) electrons. The zero-order valence-electron chi connectivity index (χ0n) is 17.1. The SMILES string of the molecule is Cc1ccc(N2N=C3CCCC[C@]34[C@H]3C(=O)N(C(C)(C)C)C(=O)[C@H]3CN24)cc1. The Morgan fingerprint density at radius 2 is 1.79 bits per heavy atom. The van der Waals surface area contributed by atoms with E-state index in [-0.39, 0.29) is 23.7 Å². The number of rotatable bonds is 1. The lowest BCUT2D eigenvalue weighted by molar-refractivity contribution is -0.147. The molecule has 4 aliphatic rings. The molecule has 1 spiro atoms. The van der Waals surface area contributed by atoms with Crippen LogP contribution in [0.2, 0.25) is 0 Å². The van der Waals surface area contributed by atoms with Crippen LogP contribution in [0.5, 0.6) is 0 Å². The maximum atomic E-state index is 13.5. The van der Waals surface area contributed by atoms with Gasteiger partial charge in [0.15, 0.2) is 0 Å². The van der Waals surface area contributed by atoms with Crippen LogP contribution in [0.1, 0.15) is 52.0 Å². The number of fused-ring (bicyclic) bond motifs is 1. The molecule has 148 valence electrons. The molecule has 28 heavy (non-hydrogen) atoms. The van der Waals surface area contributed by atoms with E-state index in [0.29, 0.717) is 6.54 Å². The molecule has 6 heteroatoms. The van der Waals surface area contributed by atoms with E-state index < -0.39 is 11.1 Å². The molecular weight excluding hydrogens is 352 g/mol. The van der Waals surface area contributed by atoms with Crippen LogP contribution in [-0.2, 0) is 9.59 Å². The second-order valence-electron chi connectivity index (χ2n) is 9.65. The third kappa shape index (κ3) is 2.15. The average molecular weight is 380 g/mol. The summed E-state index contributed by atoms with van der Waals surface area (Å²) in [5.41, 5.74) is 2.37. The smallest absolute Gasteiger partial charge is 0.235 e. The number of amides is 2. The monoisotopic (exact) mass is 380 g/mol. The first-order valence-electron chi connectivity index (χ1n) is 10.4. The molecule has 1 aliphatic carbocycles. The molecule has 3 fully saturated rings. The van der Waals surface area contributed by atoms with Gasteiger partial charge in [0.25, 0.3) is 0 Å². The molecule has 6 nitrogen and oxygen atoms in total. The maximum absolute atomic E-state index is 13.5. The van der Waals surface area contributed by atoms with E-state index in [4.69, 9.17) is 5.10 Å². The van der Waals surface area contributed by atoms with Crippen molar-refractivity contribution >= 4 is 23.2 Å². The molecule has 5 rings (SSSR count). The van der Waals surface area contributed by atoms with Gasteiger partial charge in [-0.05, 0) is 59.1 Å². The van der Waals surface area contributed by atoms with Crippen molar-refractivity contribution in [3.63, 3.8) is 0 Å². The van der Waals surface area contributed by atoms with Crippen LogP contribution >= 0.6 is 0 Å². The van der Waals surface area contributed by atoms with Crippen LogP contribution in [0, 0.1) is 18.8 Å². The van der Waals surface area contributed by atoms with E-state index in [9.17, 15) is 9.59 Å². The number of hydrogen-bond acceptors (Lipinski definition) is 5. The Kier molecular flexibility index (Phi) is 3.61. The van der Waals surface area contributed by atoms with Crippen molar-refractivity contribution in [3.8, 4) is 0 Å². The lowest BCUT2D eigenvalue weighted by atomic mass is 9.70. The van der Waals surface area contributed by atoms with Crippen LogP contribution in [0.3, 0.4) is 0 Å². The van der Waals surface area contributed by atoms with Crippen LogP contribution in [0.25, 0.3) is 0 Å². The molecule has 0 N–H and O–H groups in total. The van der Waals surface area contributed by atoms with Crippen LogP contribution in [0.15, 0.2) is 29.4 Å². The summed E-state index contributed by atoms with van der Waals surface area (Å²) in [5, 5.41) is 9.19. The molecule has 3 aliphatic heterocycles. The third-order valence-electron chi connectivity index (χ3n) is 6.87. The highest BCUT2D eigenvalue weighted by molar-refractivity contribution is 6.12. The van der Waals surface area contributed by atoms with Crippen molar-refractivity contribution in [1.29, 1.82) is 0 Å². The predicted molar refractivity (Wildman–Crippen MR) is 108 cm³/mol. The molecule has 3 atom stereocenters. The number of hydrazine groups is 1. The van der Waals surface area contributed by atoms with Gasteiger partial charge >= 0.3 is 0 Å². The van der Waals surface area contributed by atoms with Crippen LogP contribution in [-0.4, -0.2) is 45.1 Å². The Labute approximate surface area is 166 Å². The Hall–Kier alpha value is -2.21. The molecular formula is C22H28N4O2. The number of carbonyl (C=O) groups excluding carboxylic acids is 2. The van der Waals surface area contributed by atoms with Crippen molar-refractivity contribution in [2.75, 3.05) is 11.7 Å². The Bertz CT molecular complexity index is 885. The van der Waals surface area contributed by atoms with Crippen molar-refractivity contribution in [2.24, 2.45) is 16.9 Å². The number of nitrogens with zero attached hydrogens (tertiary/aromatic N) is 4. The zero-order chi connectivity index (χ0) is 19.8. The predicted octanol–water partition coefficient (Wildman–Crippen LogP) is 3.11. The molecule has 1 aromatic rings. The summed E-state index contributed by atoms with van der Waals surface area (Å²) in [6.45, 7) is 8.47. The standard InChI is InChI=1S/C22H28N4O2/c1-14-8-10-15(11-9-14)26-23-17-7-5-6-12-22(17)18-16(13-24(22)26)19(27)25(20(18)28)21(2,3)4/h8-11,16,18H,5-7,12-13H2,1-4H3/t16-,18+,22+/m0/s1. The first-order chi connectivity index (χ1) is 13.2. The molecule has 3 heterocycles. The van der Waals surface area contributed by atoms with Gasteiger partial charge in [0.2, 0.25) is 11.8 Å². The number of anilines is 1. The largest absolute Gasteiger partial charge is 0.277 e. The van der Waals surface area contributed by atoms with Crippen molar-refractivity contribution in [2.45, 2.75) is 64.5 Å². The second kappa shape index (κ2) is 5.66. The summed E-state index contributed by atoms with van der Waals surface area (Å²) >= 11 is 0. The fraction of sp³-hybridized carbons (Fsp3) is 0.591. The van der Waals surface area contributed by atoms with Gasteiger partial charge in [-0.2, -0.15) is 15.2 Å². The van der Waals surface area contributed by atoms with E-state index in [1.165, 1.54) is 10.5 Å². The van der Waals surface area contributed by atoms with Crippen LogP contribution in [0.4, 0.5) is 5.69 Å². The van der Waals surface area contributed by atoms with E-state index >= 15 is 0 Å². The number of imide groups is 1. The Morgan fingerprint density at radius 1 is 1.07 bits per heavy atom. The minimum atomic E-state index is -0.485. The minimum absolute atomic E-state index is 0.00893. The van der Waals surface area contributed by atoms with E-state index in [1.807, 2.05) is 25.9 Å². The van der Waals surface area contributed by atoms with Crippen molar-refractivity contribution < 1.29 is 9.59 Å². The lowest BCUT2D eigenvalue weighted by Gasteiger charge is -2.42. The molecule has 1 aromatic carbocycles. The van der Waals surface area contributed by atoms with Gasteiger partial charge in [0.1, 0.15) is 0 Å². The van der Waals surface area contributed by atoms with Gasteiger partial charge in [-0.3, -0.25) is 14.5 Å². The fourth-order valence-corrected chi connectivity index (χ4v) is 5.71. The molecule has 2 amide bonds. The van der Waals surface area contributed by atoms with Gasteiger partial charge in [0.05, 0.1) is 28.8 Å². The number of likely N-dealkylation sites (tertiary alicyclic amines) is 1. The van der Waals surface area contributed by atoms with Crippen LogP contribution < -0.4 is 5.12 Å². The lowest BCUT2D eigenvalue weighted by Crippen LogP contribution is -2.58. The highest BCUT2D eigenvalue weighted by Gasteiger charge is 2.71. The normalized spacial score (nSPS) is 32.5. The Morgan fingerprint density at radius 3 is 2.46 bits per heavy atom. The van der Waals surface area contributed by atoms with Gasteiger partial charge < -0.3 is 0 Å². The highest BCUT2D eigenvalue weighted by atomic mass is 16.2. The summed E-state index contributed by atoms with van der Waals surface area (Å²) in [6, 6.07) is 8.31. The van der Waals surface area contributed by atoms with Gasteiger partial charge in [-0.25, -0.2) is 0 Å². The number of hydrazone groups is 1. The average Bonchev–Trinajstić information content (AvgIpc) is 3.20. The summed E-state index contributed by atoms with van der Waals surface area (Å²) in [7, 11) is 0. The zero-order valence-corrected chi connectivity index (χ0v) is 17.1. The van der Waals surface area contributed by atoms with Crippen molar-refractivity contribution in [1.82, 2.24) is 9.91 Å². The number of carbonyl (C=O) groups is 2. The summed E-state index contributed by atoms with van der Waals surface area (Å²) < 4.78 is 0. The van der Waals surface area contributed by atoms with E-state index in [0.717, 1.165) is 37.1 Å². The topological polar surface area (TPSA) is 56.2 Å². The number of benzene rings is 1. The Balaban J connectivity index is 1.60. The third-order valence-corrected chi connectivity index (χ3v) is 6.87. The van der Waals surface area contributed by atoms with E-state index in [2.05, 4.69) is 36.2 Å². The first-order valence-corrected chi connectivity index (χ1v) is 10.4. The van der Waals surface area contributed by atoms with Crippen molar-refractivity contribution in [3.05, 3.63) is 29.8 Å². The van der Waals surface area contributed by atoms with E-state index in [1.54, 1.807) is 0 Å². The minimum Gasteiger partial charge on any atom is -0.277 e. The molecule has 1 saturated carbocycles. The van der Waals surface area contributed by atoms with Gasteiger partial charge in [0, 0.05) is 12.1 Å². The maximum Gasteiger partial charge on any atom is 0.235 e. The highest BCUT2D eigenvalue weighted by Crippen LogP contribution is 2.55. The summed E-state index contributed by atoms with van der Waals surface area (Å²) in [6.07, 6.45) is 3.96. The first kappa shape index (κ1) is 17.9. The summed E-state index contributed by atoms with van der Waals surface area (Å²) in [5.74, 6) is -0.609. The number of hydrogen-bond donors (Lipinski definition) is 0.